The van der Waals surface area contributed by atoms with Crippen molar-refractivity contribution in [2.45, 2.75) is 19.3 Å². The molecule has 0 N–H and O–H groups in total. The van der Waals surface area contributed by atoms with Crippen LogP contribution in [0.25, 0.3) is 0 Å². The van der Waals surface area contributed by atoms with E-state index in [4.69, 9.17) is 0 Å². The second-order valence-electron chi connectivity index (χ2n) is 2.89. The van der Waals surface area contributed by atoms with Crippen molar-refractivity contribution in [3.05, 3.63) is 35.6 Å². The Bertz CT molecular complexity index is 306. The molecule has 0 aliphatic rings. The number of alkyl halides is 2. The number of rotatable bonds is 4. The van der Waals surface area contributed by atoms with Crippen molar-refractivity contribution in [2.24, 2.45) is 0 Å². The summed E-state index contributed by atoms with van der Waals surface area (Å²) in [6.45, 7) is 0. The van der Waals surface area contributed by atoms with Gasteiger partial charge in [-0.25, -0.2) is 13.2 Å². The molecule has 76 valence electrons. The van der Waals surface area contributed by atoms with Crippen molar-refractivity contribution in [3.63, 3.8) is 0 Å². The van der Waals surface area contributed by atoms with Crippen LogP contribution in [0.3, 0.4) is 0 Å². The topological polar surface area (TPSA) is 17.1 Å². The minimum absolute atomic E-state index is 0.205. The van der Waals surface area contributed by atoms with E-state index in [2.05, 4.69) is 0 Å². The molecule has 0 saturated carbocycles. The zero-order valence-electron chi connectivity index (χ0n) is 7.34. The molecule has 0 aliphatic heterocycles. The van der Waals surface area contributed by atoms with E-state index in [1.165, 1.54) is 24.3 Å². The highest BCUT2D eigenvalue weighted by atomic mass is 19.3. The van der Waals surface area contributed by atoms with Crippen LogP contribution in [0.4, 0.5) is 13.2 Å². The standard InChI is InChI=1S/C10H9F3O/c11-8-4-1-7(2-5-8)3-6-9(14)10(12)13/h1-2,4-5,10H,3,6H2. The largest absolute Gasteiger partial charge is 0.295 e. The van der Waals surface area contributed by atoms with Crippen LogP contribution in [0.1, 0.15) is 12.0 Å². The third kappa shape index (κ3) is 3.20. The third-order valence-corrected chi connectivity index (χ3v) is 1.82. The molecule has 0 fully saturated rings. The van der Waals surface area contributed by atoms with Crippen molar-refractivity contribution in [1.82, 2.24) is 0 Å². The van der Waals surface area contributed by atoms with Crippen molar-refractivity contribution in [3.8, 4) is 0 Å². The van der Waals surface area contributed by atoms with E-state index in [1.807, 2.05) is 0 Å². The molecule has 0 heterocycles. The lowest BCUT2D eigenvalue weighted by Gasteiger charge is -2.00. The lowest BCUT2D eigenvalue weighted by Crippen LogP contribution is -2.10. The highest BCUT2D eigenvalue weighted by molar-refractivity contribution is 5.81. The normalized spacial score (nSPS) is 10.6. The maximum absolute atomic E-state index is 12.4. The molecule has 0 atom stereocenters. The summed E-state index contributed by atoms with van der Waals surface area (Å²) in [5.74, 6) is -1.46. The molecule has 4 heteroatoms. The van der Waals surface area contributed by atoms with Gasteiger partial charge in [0.1, 0.15) is 5.82 Å². The number of aryl methyl sites for hydroxylation is 1. The number of halogens is 3. The number of hydrogen-bond acceptors (Lipinski definition) is 1. The smallest absolute Gasteiger partial charge is 0.293 e. The molecule has 1 aromatic carbocycles. The molecule has 0 bridgehead atoms. The number of carbonyl (C=O) groups is 1. The third-order valence-electron chi connectivity index (χ3n) is 1.82. The highest BCUT2D eigenvalue weighted by Gasteiger charge is 2.14. The van der Waals surface area contributed by atoms with E-state index in [0.717, 1.165) is 0 Å². The molecule has 0 radical (unpaired) electrons. The van der Waals surface area contributed by atoms with Gasteiger partial charge in [-0.3, -0.25) is 4.79 Å². The monoisotopic (exact) mass is 202 g/mol. The molecular formula is C10H9F3O. The number of Topliss-reactive ketones (excluding diaryl/α,β-unsaturated/α-hetero) is 1. The molecule has 0 aliphatic carbocycles. The van der Waals surface area contributed by atoms with E-state index in [1.54, 1.807) is 0 Å². The summed E-state index contributed by atoms with van der Waals surface area (Å²) >= 11 is 0. The Labute approximate surface area is 79.5 Å². The van der Waals surface area contributed by atoms with E-state index in [9.17, 15) is 18.0 Å². The zero-order chi connectivity index (χ0) is 10.6. The molecule has 0 amide bonds. The van der Waals surface area contributed by atoms with Gasteiger partial charge in [-0.05, 0) is 24.1 Å². The summed E-state index contributed by atoms with van der Waals surface area (Å²) < 4.78 is 36.0. The second-order valence-corrected chi connectivity index (χ2v) is 2.89. The van der Waals surface area contributed by atoms with Crippen molar-refractivity contribution in [2.75, 3.05) is 0 Å². The zero-order valence-corrected chi connectivity index (χ0v) is 7.34. The number of carbonyl (C=O) groups excluding carboxylic acids is 1. The molecule has 0 aromatic heterocycles. The molecule has 0 spiro atoms. The molecule has 14 heavy (non-hydrogen) atoms. The first-order valence-corrected chi connectivity index (χ1v) is 4.15. The average molecular weight is 202 g/mol. The Balaban J connectivity index is 2.46. The first-order valence-electron chi connectivity index (χ1n) is 4.15. The number of hydrogen-bond donors (Lipinski definition) is 0. The molecular weight excluding hydrogens is 193 g/mol. The Morgan fingerprint density at radius 1 is 1.21 bits per heavy atom. The van der Waals surface area contributed by atoms with E-state index in [0.29, 0.717) is 5.56 Å². The van der Waals surface area contributed by atoms with E-state index in [-0.39, 0.29) is 18.7 Å². The summed E-state index contributed by atoms with van der Waals surface area (Å²) in [4.78, 5) is 10.6. The van der Waals surface area contributed by atoms with Crippen LogP contribution in [0.2, 0.25) is 0 Å². The Morgan fingerprint density at radius 2 is 1.79 bits per heavy atom. The van der Waals surface area contributed by atoms with Gasteiger partial charge in [0.05, 0.1) is 0 Å². The maximum Gasteiger partial charge on any atom is 0.295 e. The fraction of sp³-hybridized carbons (Fsp3) is 0.300. The van der Waals surface area contributed by atoms with Gasteiger partial charge in [0.25, 0.3) is 6.43 Å². The van der Waals surface area contributed by atoms with E-state index >= 15 is 0 Å². The Kier molecular flexibility index (Phi) is 3.68. The fourth-order valence-corrected chi connectivity index (χ4v) is 1.03. The quantitative estimate of drug-likeness (QED) is 0.733. The molecule has 1 aromatic rings. The van der Waals surface area contributed by atoms with Crippen molar-refractivity contribution < 1.29 is 18.0 Å². The van der Waals surface area contributed by atoms with Gasteiger partial charge >= 0.3 is 0 Å². The lowest BCUT2D eigenvalue weighted by molar-refractivity contribution is -0.129. The first kappa shape index (κ1) is 10.8. The van der Waals surface area contributed by atoms with Gasteiger partial charge in [-0.2, -0.15) is 0 Å². The summed E-state index contributed by atoms with van der Waals surface area (Å²) in [5, 5.41) is 0. The summed E-state index contributed by atoms with van der Waals surface area (Å²) in [7, 11) is 0. The van der Waals surface area contributed by atoms with Crippen molar-refractivity contribution in [1.29, 1.82) is 0 Å². The Hall–Kier alpha value is -1.32. The second kappa shape index (κ2) is 4.79. The highest BCUT2D eigenvalue weighted by Crippen LogP contribution is 2.07. The van der Waals surface area contributed by atoms with Gasteiger partial charge in [0, 0.05) is 6.42 Å². The summed E-state index contributed by atoms with van der Waals surface area (Å²) in [6.07, 6.45) is -2.89. The number of ketones is 1. The van der Waals surface area contributed by atoms with Gasteiger partial charge in [-0.15, -0.1) is 0 Å². The van der Waals surface area contributed by atoms with Crippen LogP contribution in [-0.2, 0) is 11.2 Å². The lowest BCUT2D eigenvalue weighted by atomic mass is 10.1. The SMILES string of the molecule is O=C(CCc1ccc(F)cc1)C(F)F. The molecule has 1 rings (SSSR count). The summed E-state index contributed by atoms with van der Waals surface area (Å²) in [6, 6.07) is 5.44. The van der Waals surface area contributed by atoms with Crippen molar-refractivity contribution >= 4 is 5.78 Å². The van der Waals surface area contributed by atoms with Gasteiger partial charge in [0.2, 0.25) is 0 Å². The summed E-state index contributed by atoms with van der Waals surface area (Å²) in [5.41, 5.74) is 0.681. The van der Waals surface area contributed by atoms with Crippen LogP contribution in [-0.4, -0.2) is 12.2 Å². The first-order chi connectivity index (χ1) is 6.59. The van der Waals surface area contributed by atoms with Gasteiger partial charge in [0.15, 0.2) is 5.78 Å². The maximum atomic E-state index is 12.4. The molecule has 0 unspecified atom stereocenters. The predicted molar refractivity (Wildman–Crippen MR) is 45.7 cm³/mol. The Morgan fingerprint density at radius 3 is 2.29 bits per heavy atom. The van der Waals surface area contributed by atoms with Crippen LogP contribution >= 0.6 is 0 Å². The van der Waals surface area contributed by atoms with Crippen LogP contribution in [0.5, 0.6) is 0 Å². The van der Waals surface area contributed by atoms with E-state index < -0.39 is 12.2 Å². The van der Waals surface area contributed by atoms with Crippen LogP contribution in [0.15, 0.2) is 24.3 Å². The molecule has 0 saturated heterocycles. The molecule has 1 nitrogen and oxygen atoms in total. The number of benzene rings is 1. The average Bonchev–Trinajstić information content (AvgIpc) is 2.16. The van der Waals surface area contributed by atoms with Gasteiger partial charge < -0.3 is 0 Å². The predicted octanol–water partition coefficient (Wildman–Crippen LogP) is 2.59. The minimum Gasteiger partial charge on any atom is -0.293 e. The minimum atomic E-state index is -2.91. The van der Waals surface area contributed by atoms with Crippen LogP contribution in [0, 0.1) is 5.82 Å². The van der Waals surface area contributed by atoms with Gasteiger partial charge in [-0.1, -0.05) is 12.1 Å². The van der Waals surface area contributed by atoms with Crippen LogP contribution < -0.4 is 0 Å². The fourth-order valence-electron chi connectivity index (χ4n) is 1.03.